The fourth-order valence-electron chi connectivity index (χ4n) is 2.84. The summed E-state index contributed by atoms with van der Waals surface area (Å²) in [6.45, 7) is 0.933. The lowest BCUT2D eigenvalue weighted by Crippen LogP contribution is -2.44. The third-order valence-electron chi connectivity index (χ3n) is 4.27. The number of likely N-dealkylation sites (tertiary alicyclic amines) is 1. The van der Waals surface area contributed by atoms with Crippen LogP contribution in [0.1, 0.15) is 18.4 Å². The number of benzene rings is 2. The van der Waals surface area contributed by atoms with Crippen LogP contribution in [-0.2, 0) is 5.60 Å². The second-order valence-corrected chi connectivity index (χ2v) is 5.80. The predicted octanol–water partition coefficient (Wildman–Crippen LogP) is 3.05. The molecule has 116 valence electrons. The van der Waals surface area contributed by atoms with Gasteiger partial charge >= 0.3 is 0 Å². The van der Waals surface area contributed by atoms with Gasteiger partial charge in [0.25, 0.3) is 0 Å². The Labute approximate surface area is 137 Å². The summed E-state index contributed by atoms with van der Waals surface area (Å²) in [4.78, 5) is 12.7. The van der Waals surface area contributed by atoms with Gasteiger partial charge in [0.1, 0.15) is 11.5 Å². The highest BCUT2D eigenvalue weighted by Crippen LogP contribution is 2.34. The van der Waals surface area contributed by atoms with Gasteiger partial charge in [-0.15, -0.1) is 0 Å². The Morgan fingerprint density at radius 1 is 1.00 bits per heavy atom. The Morgan fingerprint density at radius 3 is 2.13 bits per heavy atom. The summed E-state index contributed by atoms with van der Waals surface area (Å²) in [5.41, 5.74) is -0.0842. The van der Waals surface area contributed by atoms with Crippen molar-refractivity contribution in [2.75, 3.05) is 13.1 Å². The molecule has 3 rings (SSSR count). The molecule has 0 aliphatic carbocycles. The molecule has 4 nitrogen and oxygen atoms in total. The second-order valence-electron chi connectivity index (χ2n) is 5.80. The van der Waals surface area contributed by atoms with Crippen LogP contribution in [-0.4, -0.2) is 36.7 Å². The van der Waals surface area contributed by atoms with Gasteiger partial charge in [-0.05, 0) is 42.7 Å². The minimum absolute atomic E-state index is 0.432. The Morgan fingerprint density at radius 2 is 1.57 bits per heavy atom. The van der Waals surface area contributed by atoms with Crippen LogP contribution in [0.5, 0.6) is 11.5 Å². The summed E-state index contributed by atoms with van der Waals surface area (Å²) in [5.74, 6) is 1.06. The van der Waals surface area contributed by atoms with E-state index in [2.05, 4.69) is 0 Å². The predicted molar refractivity (Wildman–Crippen MR) is 88.8 cm³/mol. The maximum absolute atomic E-state index is 11.2. The lowest BCUT2D eigenvalue weighted by atomic mass is 9.84. The number of aliphatic hydroxyl groups is 1. The van der Waals surface area contributed by atoms with Crippen molar-refractivity contribution < 1.29 is 14.6 Å². The van der Waals surface area contributed by atoms with Crippen molar-refractivity contribution in [1.82, 2.24) is 4.90 Å². The highest BCUT2D eigenvalue weighted by atomic mass is 16.5. The summed E-state index contributed by atoms with van der Waals surface area (Å²) in [5, 5.41) is 10.8. The molecule has 5 heteroatoms. The molecule has 0 unspecified atom stereocenters. The number of hydrogen-bond acceptors (Lipinski definition) is 3. The summed E-state index contributed by atoms with van der Waals surface area (Å²) in [7, 11) is 5.28. The summed E-state index contributed by atoms with van der Waals surface area (Å²) >= 11 is 0. The van der Waals surface area contributed by atoms with Crippen LogP contribution in [0, 0.1) is 0 Å². The van der Waals surface area contributed by atoms with Crippen LogP contribution >= 0.6 is 0 Å². The highest BCUT2D eigenvalue weighted by molar-refractivity contribution is 6.56. The largest absolute Gasteiger partial charge is 0.457 e. The van der Waals surface area contributed by atoms with E-state index in [4.69, 9.17) is 12.6 Å². The zero-order chi connectivity index (χ0) is 16.3. The SMILES string of the molecule is [B]C(=O)N1CCC(O)(c2ccc(Oc3ccccc3)cc2)CC1. The molecule has 1 aliphatic rings. The third-order valence-corrected chi connectivity index (χ3v) is 4.27. The van der Waals surface area contributed by atoms with Crippen molar-refractivity contribution in [2.45, 2.75) is 18.4 Å². The lowest BCUT2D eigenvalue weighted by molar-refractivity contribution is -0.0148. The molecule has 2 aromatic carbocycles. The number of piperidine rings is 1. The van der Waals surface area contributed by atoms with Crippen molar-refractivity contribution >= 4 is 13.7 Å². The number of rotatable bonds is 3. The van der Waals surface area contributed by atoms with Gasteiger partial charge in [-0.1, -0.05) is 30.3 Å². The molecule has 2 radical (unpaired) electrons. The van der Waals surface area contributed by atoms with Crippen molar-refractivity contribution in [3.63, 3.8) is 0 Å². The molecule has 0 spiro atoms. The monoisotopic (exact) mass is 307 g/mol. The van der Waals surface area contributed by atoms with Gasteiger partial charge in [-0.2, -0.15) is 0 Å². The van der Waals surface area contributed by atoms with E-state index in [1.165, 1.54) is 0 Å². The van der Waals surface area contributed by atoms with Crippen LogP contribution in [0.15, 0.2) is 54.6 Å². The zero-order valence-electron chi connectivity index (χ0n) is 12.8. The van der Waals surface area contributed by atoms with Crippen LogP contribution in [0.3, 0.4) is 0 Å². The topological polar surface area (TPSA) is 49.8 Å². The molecule has 23 heavy (non-hydrogen) atoms. The first-order valence-electron chi connectivity index (χ1n) is 7.67. The number of ether oxygens (including phenoxy) is 1. The van der Waals surface area contributed by atoms with E-state index in [9.17, 15) is 9.90 Å². The van der Waals surface area contributed by atoms with Gasteiger partial charge in [-0.25, -0.2) is 0 Å². The standard InChI is InChI=1S/C18H18BNO3/c19-17(21)20-12-10-18(22,11-13-20)14-6-8-16(9-7-14)23-15-4-2-1-3-5-15/h1-9,22H,10-13H2. The molecule has 0 bridgehead atoms. The average molecular weight is 307 g/mol. The number of hydrogen-bond donors (Lipinski definition) is 1. The molecule has 1 fully saturated rings. The molecule has 2 aromatic rings. The first-order chi connectivity index (χ1) is 11.1. The molecule has 1 amide bonds. The Bertz CT molecular complexity index is 664. The molecule has 0 atom stereocenters. The Balaban J connectivity index is 1.68. The number of nitrogens with zero attached hydrogens (tertiary/aromatic N) is 1. The number of amides is 1. The molecular formula is C18H18BNO3. The molecular weight excluding hydrogens is 289 g/mol. The highest BCUT2D eigenvalue weighted by Gasteiger charge is 2.34. The fraction of sp³-hybridized carbons (Fsp3) is 0.278. The van der Waals surface area contributed by atoms with E-state index in [0.29, 0.717) is 25.9 Å². The maximum Gasteiger partial charge on any atom is 0.200 e. The Hall–Kier alpha value is -2.27. The lowest BCUT2D eigenvalue weighted by Gasteiger charge is -2.38. The normalized spacial score (nSPS) is 16.8. The van der Waals surface area contributed by atoms with E-state index in [1.54, 1.807) is 4.90 Å². The number of carbonyl (C=O) groups excluding carboxylic acids is 1. The second kappa shape index (κ2) is 6.46. The summed E-state index contributed by atoms with van der Waals surface area (Å²) in [6.07, 6.45) is 0.962. The van der Waals surface area contributed by atoms with Gasteiger partial charge in [0, 0.05) is 13.1 Å². The summed E-state index contributed by atoms with van der Waals surface area (Å²) < 4.78 is 5.75. The van der Waals surface area contributed by atoms with E-state index >= 15 is 0 Å². The van der Waals surface area contributed by atoms with E-state index in [1.807, 2.05) is 54.6 Å². The van der Waals surface area contributed by atoms with Crippen LogP contribution in [0.4, 0.5) is 4.79 Å². The molecule has 1 saturated heterocycles. The Kier molecular flexibility index (Phi) is 4.39. The van der Waals surface area contributed by atoms with Crippen molar-refractivity contribution in [1.29, 1.82) is 0 Å². The van der Waals surface area contributed by atoms with Crippen molar-refractivity contribution in [3.05, 3.63) is 60.2 Å². The number of para-hydroxylation sites is 1. The fourth-order valence-corrected chi connectivity index (χ4v) is 2.84. The molecule has 0 saturated carbocycles. The van der Waals surface area contributed by atoms with Crippen molar-refractivity contribution in [2.24, 2.45) is 0 Å². The van der Waals surface area contributed by atoms with Gasteiger partial charge in [0.2, 0.25) is 7.85 Å². The number of carbonyl (C=O) groups is 1. The van der Waals surface area contributed by atoms with Crippen LogP contribution in [0.2, 0.25) is 0 Å². The molecule has 1 N–H and O–H groups in total. The quantitative estimate of drug-likeness (QED) is 0.887. The molecule has 1 aliphatic heterocycles. The van der Waals surface area contributed by atoms with Gasteiger partial charge in [-0.3, -0.25) is 4.79 Å². The van der Waals surface area contributed by atoms with Gasteiger partial charge in [0.05, 0.1) is 5.60 Å². The van der Waals surface area contributed by atoms with Crippen molar-refractivity contribution in [3.8, 4) is 11.5 Å². The smallest absolute Gasteiger partial charge is 0.200 e. The van der Waals surface area contributed by atoms with Gasteiger partial charge < -0.3 is 14.7 Å². The molecule has 1 heterocycles. The molecule has 0 aromatic heterocycles. The third kappa shape index (κ3) is 3.56. The van der Waals surface area contributed by atoms with Crippen LogP contribution < -0.4 is 4.74 Å². The maximum atomic E-state index is 11.2. The van der Waals surface area contributed by atoms with E-state index in [0.717, 1.165) is 17.1 Å². The van der Waals surface area contributed by atoms with E-state index < -0.39 is 11.4 Å². The first kappa shape index (κ1) is 15.6. The van der Waals surface area contributed by atoms with Crippen LogP contribution in [0.25, 0.3) is 0 Å². The average Bonchev–Trinajstić information content (AvgIpc) is 2.57. The van der Waals surface area contributed by atoms with Gasteiger partial charge in [0.15, 0.2) is 5.81 Å². The minimum atomic E-state index is -0.919. The summed E-state index contributed by atoms with van der Waals surface area (Å²) in [6, 6.07) is 17.0. The zero-order valence-corrected chi connectivity index (χ0v) is 12.8. The first-order valence-corrected chi connectivity index (χ1v) is 7.67. The van der Waals surface area contributed by atoms with E-state index in [-0.39, 0.29) is 0 Å². The minimum Gasteiger partial charge on any atom is -0.457 e.